The molecule has 2 N–H and O–H groups in total. The van der Waals surface area contributed by atoms with Crippen LogP contribution in [0.3, 0.4) is 0 Å². The van der Waals surface area contributed by atoms with Crippen molar-refractivity contribution in [3.05, 3.63) is 0 Å². The van der Waals surface area contributed by atoms with Gasteiger partial charge in [-0.05, 0) is 25.7 Å². The van der Waals surface area contributed by atoms with Crippen molar-refractivity contribution in [2.45, 2.75) is 43.4 Å². The summed E-state index contributed by atoms with van der Waals surface area (Å²) < 4.78 is 32.0. The summed E-state index contributed by atoms with van der Waals surface area (Å²) in [5.74, 6) is 0. The van der Waals surface area contributed by atoms with E-state index < -0.39 is 10.0 Å². The Morgan fingerprint density at radius 1 is 1.28 bits per heavy atom. The fourth-order valence-electron chi connectivity index (χ4n) is 2.27. The highest BCUT2D eigenvalue weighted by atomic mass is 32.2. The molecule has 7 heteroatoms. The van der Waals surface area contributed by atoms with E-state index in [0.717, 1.165) is 12.8 Å². The van der Waals surface area contributed by atoms with Gasteiger partial charge < -0.3 is 10.5 Å². The summed E-state index contributed by atoms with van der Waals surface area (Å²) in [5, 5.41) is -0.293. The fraction of sp³-hybridized carbons (Fsp3) is 0.909. The first-order valence-electron chi connectivity index (χ1n) is 6.38. The van der Waals surface area contributed by atoms with Crippen LogP contribution in [0, 0.1) is 0 Å². The van der Waals surface area contributed by atoms with E-state index in [9.17, 15) is 8.42 Å². The van der Waals surface area contributed by atoms with Crippen molar-refractivity contribution in [1.29, 1.82) is 0 Å². The molecular weight excluding hydrogens is 272 g/mol. The average Bonchev–Trinajstić information content (AvgIpc) is 3.14. The number of hydrogen-bond donors (Lipinski definition) is 1. The molecule has 1 heterocycles. The number of thiocarbonyl (C=S) groups is 1. The number of hydrogen-bond acceptors (Lipinski definition) is 4. The lowest BCUT2D eigenvalue weighted by Crippen LogP contribution is -2.43. The Hall–Kier alpha value is -0.240. The Balaban J connectivity index is 2.05. The summed E-state index contributed by atoms with van der Waals surface area (Å²) >= 11 is 4.84. The first-order chi connectivity index (χ1) is 8.51. The van der Waals surface area contributed by atoms with Crippen LogP contribution in [0.1, 0.15) is 32.1 Å². The van der Waals surface area contributed by atoms with Crippen molar-refractivity contribution >= 4 is 27.2 Å². The normalized spacial score (nSPS) is 22.3. The molecule has 2 aliphatic rings. The standard InChI is InChI=1S/C11H20N2O3S2/c12-11(17)3-6-13(9-1-2-9)18(14,15)10-4-7-16-8-5-10/h9-10H,1-8H2,(H2,12,17). The molecule has 2 rings (SSSR count). The Labute approximate surface area is 114 Å². The van der Waals surface area contributed by atoms with Gasteiger partial charge in [0.15, 0.2) is 0 Å². The zero-order valence-corrected chi connectivity index (χ0v) is 12.0. The molecule has 0 aromatic rings. The molecule has 5 nitrogen and oxygen atoms in total. The zero-order valence-electron chi connectivity index (χ0n) is 10.4. The number of nitrogens with zero attached hydrogens (tertiary/aromatic N) is 1. The van der Waals surface area contributed by atoms with Crippen molar-refractivity contribution in [2.75, 3.05) is 19.8 Å². The van der Waals surface area contributed by atoms with Gasteiger partial charge in [0.05, 0.1) is 10.2 Å². The molecule has 1 aliphatic heterocycles. The van der Waals surface area contributed by atoms with E-state index in [1.54, 1.807) is 4.31 Å². The van der Waals surface area contributed by atoms with Crippen LogP contribution in [0.2, 0.25) is 0 Å². The smallest absolute Gasteiger partial charge is 0.217 e. The van der Waals surface area contributed by atoms with Gasteiger partial charge in [-0.3, -0.25) is 0 Å². The van der Waals surface area contributed by atoms with Gasteiger partial charge in [-0.1, -0.05) is 12.2 Å². The molecule has 1 saturated heterocycles. The lowest BCUT2D eigenvalue weighted by Gasteiger charge is -2.29. The fourth-order valence-corrected chi connectivity index (χ4v) is 4.50. The molecule has 0 bridgehead atoms. The minimum atomic E-state index is -3.22. The maximum Gasteiger partial charge on any atom is 0.217 e. The van der Waals surface area contributed by atoms with Crippen molar-refractivity contribution in [3.8, 4) is 0 Å². The van der Waals surface area contributed by atoms with Crippen LogP contribution in [0.15, 0.2) is 0 Å². The summed E-state index contributed by atoms with van der Waals surface area (Å²) in [6, 6.07) is 0.173. The molecule has 104 valence electrons. The highest BCUT2D eigenvalue weighted by molar-refractivity contribution is 7.89. The van der Waals surface area contributed by atoms with E-state index >= 15 is 0 Å². The second-order valence-corrected chi connectivity index (χ2v) is 7.60. The quantitative estimate of drug-likeness (QED) is 0.727. The van der Waals surface area contributed by atoms with Crippen molar-refractivity contribution in [2.24, 2.45) is 5.73 Å². The van der Waals surface area contributed by atoms with Gasteiger partial charge >= 0.3 is 0 Å². The minimum Gasteiger partial charge on any atom is -0.393 e. The molecule has 0 spiro atoms. The molecule has 1 aliphatic carbocycles. The largest absolute Gasteiger partial charge is 0.393 e. The molecule has 0 radical (unpaired) electrons. The van der Waals surface area contributed by atoms with E-state index in [-0.39, 0.29) is 11.3 Å². The lowest BCUT2D eigenvalue weighted by atomic mass is 10.2. The van der Waals surface area contributed by atoms with Crippen LogP contribution < -0.4 is 5.73 Å². The van der Waals surface area contributed by atoms with Gasteiger partial charge in [-0.15, -0.1) is 0 Å². The maximum atomic E-state index is 12.6. The first kappa shape index (κ1) is 14.2. The second-order valence-electron chi connectivity index (χ2n) is 4.91. The molecule has 2 fully saturated rings. The first-order valence-corrected chi connectivity index (χ1v) is 8.29. The highest BCUT2D eigenvalue weighted by Gasteiger charge is 2.41. The number of rotatable bonds is 6. The molecule has 0 unspecified atom stereocenters. The monoisotopic (exact) mass is 292 g/mol. The predicted molar refractivity (Wildman–Crippen MR) is 73.9 cm³/mol. The molecule has 1 saturated carbocycles. The Kier molecular flexibility index (Phi) is 4.58. The van der Waals surface area contributed by atoms with Gasteiger partial charge in [0.2, 0.25) is 10.0 Å². The van der Waals surface area contributed by atoms with E-state index in [1.165, 1.54) is 0 Å². The summed E-state index contributed by atoms with van der Waals surface area (Å²) in [6.07, 6.45) is 3.57. The van der Waals surface area contributed by atoms with E-state index in [0.29, 0.717) is 44.0 Å². The van der Waals surface area contributed by atoms with Crippen LogP contribution in [0.5, 0.6) is 0 Å². The average molecular weight is 292 g/mol. The summed E-state index contributed by atoms with van der Waals surface area (Å²) in [4.78, 5) is 0.378. The van der Waals surface area contributed by atoms with E-state index in [2.05, 4.69) is 0 Å². The van der Waals surface area contributed by atoms with Crippen molar-refractivity contribution < 1.29 is 13.2 Å². The molecule has 18 heavy (non-hydrogen) atoms. The van der Waals surface area contributed by atoms with Gasteiger partial charge in [0, 0.05) is 32.2 Å². The van der Waals surface area contributed by atoms with Gasteiger partial charge in [0.25, 0.3) is 0 Å². The Morgan fingerprint density at radius 2 is 1.89 bits per heavy atom. The van der Waals surface area contributed by atoms with E-state index in [1.807, 2.05) is 0 Å². The number of nitrogens with two attached hydrogens (primary N) is 1. The van der Waals surface area contributed by atoms with Crippen LogP contribution >= 0.6 is 12.2 Å². The summed E-state index contributed by atoms with van der Waals surface area (Å²) in [7, 11) is -3.22. The van der Waals surface area contributed by atoms with Crippen LogP contribution in [0.4, 0.5) is 0 Å². The molecule has 0 amide bonds. The van der Waals surface area contributed by atoms with Crippen LogP contribution in [0.25, 0.3) is 0 Å². The van der Waals surface area contributed by atoms with Crippen LogP contribution in [-0.2, 0) is 14.8 Å². The maximum absolute atomic E-state index is 12.6. The van der Waals surface area contributed by atoms with Gasteiger partial charge in [-0.25, -0.2) is 8.42 Å². The van der Waals surface area contributed by atoms with Gasteiger partial charge in [0.1, 0.15) is 0 Å². The third kappa shape index (κ3) is 3.40. The third-order valence-electron chi connectivity index (χ3n) is 3.45. The SMILES string of the molecule is NC(=S)CCN(C1CC1)S(=O)(=O)C1CCOCC1. The lowest BCUT2D eigenvalue weighted by molar-refractivity contribution is 0.0971. The summed E-state index contributed by atoms with van der Waals surface area (Å²) in [5.41, 5.74) is 5.47. The van der Waals surface area contributed by atoms with Gasteiger partial charge in [-0.2, -0.15) is 4.31 Å². The summed E-state index contributed by atoms with van der Waals surface area (Å²) in [6.45, 7) is 1.51. The zero-order chi connectivity index (χ0) is 13.2. The molecular formula is C11H20N2O3S2. The van der Waals surface area contributed by atoms with Crippen molar-refractivity contribution in [3.63, 3.8) is 0 Å². The van der Waals surface area contributed by atoms with Crippen molar-refractivity contribution in [1.82, 2.24) is 4.31 Å². The second kappa shape index (κ2) is 5.81. The number of ether oxygens (including phenoxy) is 1. The molecule has 0 atom stereocenters. The molecule has 0 aromatic heterocycles. The Bertz CT molecular complexity index is 401. The number of sulfonamides is 1. The molecule has 0 aromatic carbocycles. The Morgan fingerprint density at radius 3 is 2.39 bits per heavy atom. The third-order valence-corrected chi connectivity index (χ3v) is 6.10. The van der Waals surface area contributed by atoms with E-state index in [4.69, 9.17) is 22.7 Å². The topological polar surface area (TPSA) is 72.6 Å². The minimum absolute atomic E-state index is 0.173. The predicted octanol–water partition coefficient (Wildman–Crippen LogP) is 0.636. The highest BCUT2D eigenvalue weighted by Crippen LogP contribution is 2.32. The van der Waals surface area contributed by atoms with Crippen LogP contribution in [-0.4, -0.2) is 48.8 Å².